The van der Waals surface area contributed by atoms with Crippen LogP contribution in [0.1, 0.15) is 32.8 Å². The molecule has 2 N–H and O–H groups in total. The third-order valence-corrected chi connectivity index (χ3v) is 4.27. The zero-order chi connectivity index (χ0) is 17.4. The van der Waals surface area contributed by atoms with E-state index in [0.717, 1.165) is 44.9 Å². The molecule has 0 bridgehead atoms. The van der Waals surface area contributed by atoms with Gasteiger partial charge in [0.05, 0.1) is 0 Å². The van der Waals surface area contributed by atoms with Crippen LogP contribution in [-0.2, 0) is 10.2 Å². The van der Waals surface area contributed by atoms with Crippen molar-refractivity contribution in [2.24, 2.45) is 0 Å². The van der Waals surface area contributed by atoms with Crippen molar-refractivity contribution in [2.45, 2.75) is 32.6 Å². The van der Waals surface area contributed by atoms with Gasteiger partial charge in [-0.15, -0.1) is 12.4 Å². The summed E-state index contributed by atoms with van der Waals surface area (Å²) in [7, 11) is 0. The minimum absolute atomic E-state index is 0. The van der Waals surface area contributed by atoms with E-state index < -0.39 is 0 Å². The van der Waals surface area contributed by atoms with E-state index in [1.807, 2.05) is 12.1 Å². The van der Waals surface area contributed by atoms with Crippen LogP contribution in [0.2, 0.25) is 0 Å². The van der Waals surface area contributed by atoms with Crippen molar-refractivity contribution >= 4 is 18.3 Å². The highest BCUT2D eigenvalue weighted by molar-refractivity contribution is 5.85. The molecule has 1 saturated heterocycles. The molecule has 1 aromatic rings. The Hall–Kier alpha value is -1.30. The lowest BCUT2D eigenvalue weighted by atomic mass is 9.87. The largest absolute Gasteiger partial charge is 0.484 e. The number of carbonyl (C=O) groups excluding carboxylic acids is 1. The highest BCUT2D eigenvalue weighted by Gasteiger charge is 2.13. The maximum Gasteiger partial charge on any atom is 0.257 e. The number of hydrogen-bond donors (Lipinski definition) is 2. The minimum Gasteiger partial charge on any atom is -0.484 e. The van der Waals surface area contributed by atoms with Crippen LogP contribution in [0.15, 0.2) is 24.3 Å². The molecule has 1 amide bonds. The van der Waals surface area contributed by atoms with E-state index in [4.69, 9.17) is 4.74 Å². The number of amides is 1. The maximum atomic E-state index is 11.8. The Morgan fingerprint density at radius 1 is 1.20 bits per heavy atom. The van der Waals surface area contributed by atoms with E-state index in [9.17, 15) is 4.79 Å². The fourth-order valence-electron chi connectivity index (χ4n) is 2.72. The summed E-state index contributed by atoms with van der Waals surface area (Å²) >= 11 is 0. The molecule has 5 nitrogen and oxygen atoms in total. The second-order valence-corrected chi connectivity index (χ2v) is 7.36. The van der Waals surface area contributed by atoms with Gasteiger partial charge < -0.3 is 20.3 Å². The van der Waals surface area contributed by atoms with Gasteiger partial charge in [0, 0.05) is 32.7 Å². The second-order valence-electron chi connectivity index (χ2n) is 7.36. The molecule has 0 atom stereocenters. The average Bonchev–Trinajstić information content (AvgIpc) is 2.57. The van der Waals surface area contributed by atoms with Crippen molar-refractivity contribution in [3.63, 3.8) is 0 Å². The molecule has 0 unspecified atom stereocenters. The van der Waals surface area contributed by atoms with Crippen molar-refractivity contribution in [1.29, 1.82) is 0 Å². The van der Waals surface area contributed by atoms with E-state index in [1.54, 1.807) is 0 Å². The van der Waals surface area contributed by atoms with Gasteiger partial charge in [-0.1, -0.05) is 32.9 Å². The number of piperazine rings is 1. The zero-order valence-corrected chi connectivity index (χ0v) is 16.5. The standard InChI is InChI=1S/C19H31N3O2.ClH/c1-19(2,3)16-5-7-17(8-6-16)24-15-18(23)21-9-4-12-22-13-10-20-11-14-22;/h5-8,20H,4,9-15H2,1-3H3,(H,21,23);1H. The lowest BCUT2D eigenvalue weighted by Crippen LogP contribution is -2.44. The first-order chi connectivity index (χ1) is 11.4. The Labute approximate surface area is 157 Å². The zero-order valence-electron chi connectivity index (χ0n) is 15.6. The first kappa shape index (κ1) is 21.7. The molecule has 0 spiro atoms. The van der Waals surface area contributed by atoms with Crippen LogP contribution >= 0.6 is 12.4 Å². The Morgan fingerprint density at radius 2 is 1.84 bits per heavy atom. The Kier molecular flexibility index (Phi) is 9.25. The van der Waals surface area contributed by atoms with Gasteiger partial charge in [-0.25, -0.2) is 0 Å². The van der Waals surface area contributed by atoms with Gasteiger partial charge in [-0.05, 0) is 36.1 Å². The minimum atomic E-state index is -0.0600. The predicted octanol–water partition coefficient (Wildman–Crippen LogP) is 2.20. The van der Waals surface area contributed by atoms with Crippen LogP contribution in [-0.4, -0.2) is 56.7 Å². The number of ether oxygens (including phenoxy) is 1. The third-order valence-electron chi connectivity index (χ3n) is 4.27. The molecule has 25 heavy (non-hydrogen) atoms. The number of carbonyl (C=O) groups is 1. The summed E-state index contributed by atoms with van der Waals surface area (Å²) in [4.78, 5) is 14.3. The van der Waals surface area contributed by atoms with Crippen molar-refractivity contribution in [1.82, 2.24) is 15.5 Å². The Balaban J connectivity index is 0.00000312. The molecule has 1 aliphatic heterocycles. The molecule has 1 fully saturated rings. The SMILES string of the molecule is CC(C)(C)c1ccc(OCC(=O)NCCCN2CCNCC2)cc1.Cl. The molecule has 0 aliphatic carbocycles. The number of benzene rings is 1. The van der Waals surface area contributed by atoms with Gasteiger partial charge in [0.2, 0.25) is 0 Å². The molecule has 1 aliphatic rings. The molecule has 2 rings (SSSR count). The van der Waals surface area contributed by atoms with Gasteiger partial charge in [0.25, 0.3) is 5.91 Å². The Bertz CT molecular complexity index is 508. The summed E-state index contributed by atoms with van der Waals surface area (Å²) in [5.74, 6) is 0.675. The molecule has 6 heteroatoms. The number of nitrogens with one attached hydrogen (secondary N) is 2. The summed E-state index contributed by atoms with van der Waals surface area (Å²) < 4.78 is 5.55. The summed E-state index contributed by atoms with van der Waals surface area (Å²) in [5.41, 5.74) is 1.38. The van der Waals surface area contributed by atoms with Crippen molar-refractivity contribution in [3.8, 4) is 5.75 Å². The Morgan fingerprint density at radius 3 is 2.44 bits per heavy atom. The van der Waals surface area contributed by atoms with Gasteiger partial charge in [-0.2, -0.15) is 0 Å². The molecule has 142 valence electrons. The van der Waals surface area contributed by atoms with Gasteiger partial charge >= 0.3 is 0 Å². The normalized spacial score (nSPS) is 15.3. The van der Waals surface area contributed by atoms with Gasteiger partial charge in [0.15, 0.2) is 6.61 Å². The summed E-state index contributed by atoms with van der Waals surface area (Å²) in [6.07, 6.45) is 0.978. The number of hydrogen-bond acceptors (Lipinski definition) is 4. The number of rotatable bonds is 7. The van der Waals surface area contributed by atoms with Gasteiger partial charge in [0.1, 0.15) is 5.75 Å². The van der Waals surface area contributed by atoms with Crippen molar-refractivity contribution in [2.75, 3.05) is 45.9 Å². The second kappa shape index (κ2) is 10.6. The average molecular weight is 370 g/mol. The van der Waals surface area contributed by atoms with E-state index in [0.29, 0.717) is 6.54 Å². The van der Waals surface area contributed by atoms with Crippen LogP contribution in [0, 0.1) is 0 Å². The molecule has 0 aromatic heterocycles. The van der Waals surface area contributed by atoms with Crippen LogP contribution in [0.5, 0.6) is 5.75 Å². The van der Waals surface area contributed by atoms with E-state index in [2.05, 4.69) is 48.4 Å². The summed E-state index contributed by atoms with van der Waals surface area (Å²) in [6.45, 7) is 12.7. The van der Waals surface area contributed by atoms with Crippen LogP contribution in [0.3, 0.4) is 0 Å². The fourth-order valence-corrected chi connectivity index (χ4v) is 2.72. The smallest absolute Gasteiger partial charge is 0.257 e. The predicted molar refractivity (Wildman–Crippen MR) is 105 cm³/mol. The lowest BCUT2D eigenvalue weighted by molar-refractivity contribution is -0.123. The fraction of sp³-hybridized carbons (Fsp3) is 0.632. The highest BCUT2D eigenvalue weighted by Crippen LogP contribution is 2.24. The summed E-state index contributed by atoms with van der Waals surface area (Å²) in [5, 5.41) is 6.26. The number of nitrogens with zero attached hydrogens (tertiary/aromatic N) is 1. The van der Waals surface area contributed by atoms with E-state index >= 15 is 0 Å². The molecule has 1 heterocycles. The van der Waals surface area contributed by atoms with Crippen LogP contribution < -0.4 is 15.4 Å². The lowest BCUT2D eigenvalue weighted by Gasteiger charge is -2.27. The molecule has 0 radical (unpaired) electrons. The van der Waals surface area contributed by atoms with Crippen molar-refractivity contribution in [3.05, 3.63) is 29.8 Å². The quantitative estimate of drug-likeness (QED) is 0.723. The summed E-state index contributed by atoms with van der Waals surface area (Å²) in [6, 6.07) is 7.97. The molecular formula is C19H32ClN3O2. The van der Waals surface area contributed by atoms with E-state index in [1.165, 1.54) is 5.56 Å². The van der Waals surface area contributed by atoms with Crippen molar-refractivity contribution < 1.29 is 9.53 Å². The van der Waals surface area contributed by atoms with E-state index in [-0.39, 0.29) is 30.3 Å². The first-order valence-corrected chi connectivity index (χ1v) is 8.88. The van der Waals surface area contributed by atoms with Crippen LogP contribution in [0.25, 0.3) is 0 Å². The number of halogens is 1. The molecular weight excluding hydrogens is 338 g/mol. The first-order valence-electron chi connectivity index (χ1n) is 8.88. The maximum absolute atomic E-state index is 11.8. The third kappa shape index (κ3) is 8.08. The molecule has 1 aromatic carbocycles. The topological polar surface area (TPSA) is 53.6 Å². The molecule has 0 saturated carbocycles. The van der Waals surface area contributed by atoms with Gasteiger partial charge in [-0.3, -0.25) is 4.79 Å². The van der Waals surface area contributed by atoms with Crippen LogP contribution in [0.4, 0.5) is 0 Å². The highest BCUT2D eigenvalue weighted by atomic mass is 35.5. The monoisotopic (exact) mass is 369 g/mol.